The van der Waals surface area contributed by atoms with Crippen LogP contribution in [-0.4, -0.2) is 55.7 Å². The van der Waals surface area contributed by atoms with E-state index in [-0.39, 0.29) is 17.0 Å². The highest BCUT2D eigenvalue weighted by molar-refractivity contribution is 6.06. The summed E-state index contributed by atoms with van der Waals surface area (Å²) >= 11 is 0. The molecule has 164 valence electrons. The number of fused-ring (bicyclic) bond motifs is 1. The number of hydrogen-bond donors (Lipinski definition) is 2. The zero-order valence-corrected chi connectivity index (χ0v) is 16.2. The van der Waals surface area contributed by atoms with Crippen molar-refractivity contribution in [1.29, 1.82) is 0 Å². The first-order valence-corrected chi connectivity index (χ1v) is 9.33. The lowest BCUT2D eigenvalue weighted by atomic mass is 10.0. The Morgan fingerprint density at radius 3 is 2.68 bits per heavy atom. The summed E-state index contributed by atoms with van der Waals surface area (Å²) in [5, 5.41) is 12.1. The number of carbonyl (C=O) groups is 1. The number of nitrogens with zero attached hydrogens (tertiary/aromatic N) is 4. The van der Waals surface area contributed by atoms with Crippen LogP contribution >= 0.6 is 0 Å². The molecule has 1 saturated heterocycles. The van der Waals surface area contributed by atoms with Crippen LogP contribution in [0, 0.1) is 5.92 Å². The maximum Gasteiger partial charge on any atom is 0.522 e. The molecule has 4 atom stereocenters. The molecule has 1 amide bonds. The smallest absolute Gasteiger partial charge is 0.394 e. The lowest BCUT2D eigenvalue weighted by Crippen LogP contribution is -2.33. The third-order valence-corrected chi connectivity index (χ3v) is 5.05. The molecule has 0 unspecified atom stereocenters. The number of hydrogen-bond acceptors (Lipinski definition) is 7. The van der Waals surface area contributed by atoms with Crippen LogP contribution in [0.2, 0.25) is 0 Å². The van der Waals surface area contributed by atoms with E-state index in [4.69, 9.17) is 4.74 Å². The predicted molar refractivity (Wildman–Crippen MR) is 101 cm³/mol. The van der Waals surface area contributed by atoms with Crippen molar-refractivity contribution in [1.82, 2.24) is 19.5 Å². The van der Waals surface area contributed by atoms with Gasteiger partial charge >= 0.3 is 6.36 Å². The highest BCUT2D eigenvalue weighted by Gasteiger charge is 2.49. The van der Waals surface area contributed by atoms with Crippen LogP contribution < -0.4 is 5.32 Å². The number of aliphatic hydroxyl groups excluding tert-OH is 1. The minimum absolute atomic E-state index is 0.0932. The van der Waals surface area contributed by atoms with Crippen molar-refractivity contribution < 1.29 is 32.5 Å². The molecule has 12 heteroatoms. The zero-order valence-electron chi connectivity index (χ0n) is 16.2. The molecule has 0 bridgehead atoms. The molecular formula is C19H18F3N5O4. The molecule has 0 saturated carbocycles. The standard InChI is InChI=1S/C19H18F3N5O4/c1-10-12(7-28)30-18(14(10)31-19(20,21)22)27-9-25-13-15(23-8-24-16(13)27)26-17(29)11-5-3-2-4-6-11/h2-6,8-10,12,14,18,28H,7H2,1H3,(H,23,24,26,29)/t10-,12-,14-,18-/m1/s1. The summed E-state index contributed by atoms with van der Waals surface area (Å²) < 4.78 is 50.1. The van der Waals surface area contributed by atoms with Crippen LogP contribution in [0.5, 0.6) is 0 Å². The number of aliphatic hydroxyl groups is 1. The Hall–Kier alpha value is -3.09. The average molecular weight is 437 g/mol. The van der Waals surface area contributed by atoms with E-state index in [9.17, 15) is 23.1 Å². The number of carbonyl (C=O) groups excluding carboxylic acids is 1. The molecule has 3 heterocycles. The Bertz CT molecular complexity index is 1080. The molecule has 1 aliphatic heterocycles. The summed E-state index contributed by atoms with van der Waals surface area (Å²) in [4.78, 5) is 24.7. The minimum atomic E-state index is -4.90. The van der Waals surface area contributed by atoms with Crippen LogP contribution in [0.3, 0.4) is 0 Å². The van der Waals surface area contributed by atoms with Gasteiger partial charge in [-0.25, -0.2) is 15.0 Å². The van der Waals surface area contributed by atoms with Crippen LogP contribution in [-0.2, 0) is 9.47 Å². The summed E-state index contributed by atoms with van der Waals surface area (Å²) in [6.45, 7) is 1.02. The third-order valence-electron chi connectivity index (χ3n) is 5.05. The molecule has 1 aliphatic rings. The van der Waals surface area contributed by atoms with E-state index in [0.717, 1.165) is 6.33 Å². The number of ether oxygens (including phenoxy) is 2. The predicted octanol–water partition coefficient (Wildman–Crippen LogP) is 2.51. The Labute approximate surface area is 173 Å². The average Bonchev–Trinajstić information content (AvgIpc) is 3.30. The fraction of sp³-hybridized carbons (Fsp3) is 0.368. The number of amides is 1. The van der Waals surface area contributed by atoms with E-state index in [1.807, 2.05) is 0 Å². The van der Waals surface area contributed by atoms with Crippen molar-refractivity contribution in [2.24, 2.45) is 5.92 Å². The van der Waals surface area contributed by atoms with Crippen molar-refractivity contribution >= 4 is 22.9 Å². The van der Waals surface area contributed by atoms with E-state index in [1.54, 1.807) is 30.3 Å². The van der Waals surface area contributed by atoms with Crippen molar-refractivity contribution in [3.8, 4) is 0 Å². The number of nitrogens with one attached hydrogen (secondary N) is 1. The van der Waals surface area contributed by atoms with Crippen molar-refractivity contribution in [3.05, 3.63) is 48.5 Å². The molecule has 2 N–H and O–H groups in total. The van der Waals surface area contributed by atoms with Crippen LogP contribution in [0.15, 0.2) is 43.0 Å². The van der Waals surface area contributed by atoms with Gasteiger partial charge in [0, 0.05) is 11.5 Å². The second kappa shape index (κ2) is 8.21. The fourth-order valence-electron chi connectivity index (χ4n) is 3.50. The number of benzene rings is 1. The van der Waals surface area contributed by atoms with Gasteiger partial charge in [-0.05, 0) is 12.1 Å². The van der Waals surface area contributed by atoms with Crippen molar-refractivity contribution in [2.75, 3.05) is 11.9 Å². The lowest BCUT2D eigenvalue weighted by Gasteiger charge is -2.23. The summed E-state index contributed by atoms with van der Waals surface area (Å²) in [6.07, 6.45) is -6.05. The zero-order chi connectivity index (χ0) is 22.2. The summed E-state index contributed by atoms with van der Waals surface area (Å²) in [6, 6.07) is 8.41. The molecular weight excluding hydrogens is 419 g/mol. The van der Waals surface area contributed by atoms with E-state index in [1.165, 1.54) is 17.8 Å². The maximum absolute atomic E-state index is 13.0. The normalized spacial score (nSPS) is 23.9. The summed E-state index contributed by atoms with van der Waals surface area (Å²) in [7, 11) is 0. The van der Waals surface area contributed by atoms with Gasteiger partial charge in [0.2, 0.25) is 0 Å². The number of imidazole rings is 1. The molecule has 1 aromatic carbocycles. The topological polar surface area (TPSA) is 111 Å². The number of halogens is 3. The Kier molecular flexibility index (Phi) is 5.60. The van der Waals surface area contributed by atoms with Gasteiger partial charge in [-0.2, -0.15) is 0 Å². The van der Waals surface area contributed by atoms with E-state index in [0.29, 0.717) is 5.56 Å². The van der Waals surface area contributed by atoms with Crippen molar-refractivity contribution in [2.45, 2.75) is 31.7 Å². The first-order valence-electron chi connectivity index (χ1n) is 9.33. The summed E-state index contributed by atoms with van der Waals surface area (Å²) in [5.41, 5.74) is 0.706. The maximum atomic E-state index is 13.0. The number of alkyl halides is 3. The molecule has 4 rings (SSSR count). The highest BCUT2D eigenvalue weighted by Crippen LogP contribution is 2.40. The first-order chi connectivity index (χ1) is 14.8. The second-order valence-corrected chi connectivity index (χ2v) is 7.00. The van der Waals surface area contributed by atoms with Gasteiger partial charge < -0.3 is 15.2 Å². The molecule has 9 nitrogen and oxygen atoms in total. The monoisotopic (exact) mass is 437 g/mol. The molecule has 31 heavy (non-hydrogen) atoms. The van der Waals surface area contributed by atoms with Gasteiger partial charge in [-0.1, -0.05) is 25.1 Å². The van der Waals surface area contributed by atoms with Gasteiger partial charge in [0.05, 0.1) is 19.0 Å². The Morgan fingerprint density at radius 2 is 2.00 bits per heavy atom. The minimum Gasteiger partial charge on any atom is -0.394 e. The Balaban J connectivity index is 1.67. The molecule has 3 aromatic rings. The molecule has 1 fully saturated rings. The first kappa shape index (κ1) is 21.2. The number of rotatable bonds is 5. The fourth-order valence-corrected chi connectivity index (χ4v) is 3.50. The molecule has 0 radical (unpaired) electrons. The lowest BCUT2D eigenvalue weighted by molar-refractivity contribution is -0.353. The van der Waals surface area contributed by atoms with Crippen molar-refractivity contribution in [3.63, 3.8) is 0 Å². The van der Waals surface area contributed by atoms with Gasteiger partial charge in [0.15, 0.2) is 23.2 Å². The highest BCUT2D eigenvalue weighted by atomic mass is 19.4. The van der Waals surface area contributed by atoms with Crippen LogP contribution in [0.25, 0.3) is 11.2 Å². The summed E-state index contributed by atoms with van der Waals surface area (Å²) in [5.74, 6) is -1.09. The van der Waals surface area contributed by atoms with E-state index >= 15 is 0 Å². The van der Waals surface area contributed by atoms with Gasteiger partial charge in [0.25, 0.3) is 5.91 Å². The molecule has 2 aromatic heterocycles. The SMILES string of the molecule is C[C@H]1[C@@H](OC(F)(F)F)[C@H](n2cnc3c(NC(=O)c4ccccc4)ncnc32)O[C@@H]1CO. The molecule has 0 aliphatic carbocycles. The molecule has 0 spiro atoms. The second-order valence-electron chi connectivity index (χ2n) is 7.00. The van der Waals surface area contributed by atoms with Crippen LogP contribution in [0.1, 0.15) is 23.5 Å². The van der Waals surface area contributed by atoms with Crippen LogP contribution in [0.4, 0.5) is 19.0 Å². The van der Waals surface area contributed by atoms with Gasteiger partial charge in [-0.3, -0.25) is 14.1 Å². The Morgan fingerprint density at radius 1 is 1.26 bits per heavy atom. The van der Waals surface area contributed by atoms with Gasteiger partial charge in [-0.15, -0.1) is 13.2 Å². The number of anilines is 1. The number of aromatic nitrogens is 4. The third kappa shape index (κ3) is 4.22. The quantitative estimate of drug-likeness (QED) is 0.631. The van der Waals surface area contributed by atoms with Gasteiger partial charge in [0.1, 0.15) is 12.4 Å². The largest absolute Gasteiger partial charge is 0.522 e. The van der Waals surface area contributed by atoms with E-state index < -0.39 is 43.2 Å². The van der Waals surface area contributed by atoms with E-state index in [2.05, 4.69) is 25.0 Å².